The molecule has 2 aromatic carbocycles. The van der Waals surface area contributed by atoms with Crippen molar-refractivity contribution in [2.75, 3.05) is 13.7 Å². The summed E-state index contributed by atoms with van der Waals surface area (Å²) in [4.78, 5) is 25.6. The summed E-state index contributed by atoms with van der Waals surface area (Å²) in [5, 5.41) is 0.599. The molecule has 0 heterocycles. The summed E-state index contributed by atoms with van der Waals surface area (Å²) < 4.78 is 12.1. The van der Waals surface area contributed by atoms with Crippen LogP contribution in [0.3, 0.4) is 0 Å². The van der Waals surface area contributed by atoms with Crippen molar-refractivity contribution in [2.45, 2.75) is 19.3 Å². The van der Waals surface area contributed by atoms with Crippen molar-refractivity contribution < 1.29 is 19.1 Å². The molecule has 0 aliphatic heterocycles. The lowest BCUT2D eigenvalue weighted by molar-refractivity contribution is -0.151. The van der Waals surface area contributed by atoms with Crippen LogP contribution in [-0.2, 0) is 14.3 Å². The van der Waals surface area contributed by atoms with Crippen LogP contribution in [0.4, 0.5) is 0 Å². The molecule has 0 N–H and O–H groups in total. The van der Waals surface area contributed by atoms with Gasteiger partial charge in [-0.05, 0) is 92.2 Å². The maximum absolute atomic E-state index is 13.0. The monoisotopic (exact) mass is 540 g/mol. The first kappa shape index (κ1) is 22.1. The molecule has 152 valence electrons. The van der Waals surface area contributed by atoms with Crippen molar-refractivity contribution >= 4 is 60.8 Å². The van der Waals surface area contributed by atoms with Crippen molar-refractivity contribution in [2.24, 2.45) is 5.92 Å². The summed E-state index contributed by atoms with van der Waals surface area (Å²) >= 11 is 13.0. The normalized spacial score (nSPS) is 18.9. The molecule has 0 aromatic heterocycles. The van der Waals surface area contributed by atoms with Gasteiger partial charge >= 0.3 is 5.97 Å². The predicted octanol–water partition coefficient (Wildman–Crippen LogP) is 6.19. The predicted molar refractivity (Wildman–Crippen MR) is 120 cm³/mol. The summed E-state index contributed by atoms with van der Waals surface area (Å²) in [6.07, 6.45) is 2.07. The van der Waals surface area contributed by atoms with Crippen LogP contribution in [0.5, 0.6) is 5.75 Å². The highest BCUT2D eigenvalue weighted by Gasteiger charge is 2.39. The van der Waals surface area contributed by atoms with Crippen molar-refractivity contribution in [3.63, 3.8) is 0 Å². The Morgan fingerprint density at radius 2 is 1.79 bits per heavy atom. The van der Waals surface area contributed by atoms with Gasteiger partial charge in [-0.15, -0.1) is 0 Å². The molecule has 4 nitrogen and oxygen atoms in total. The number of benzene rings is 2. The number of halogens is 3. The molecule has 0 amide bonds. The van der Waals surface area contributed by atoms with E-state index in [2.05, 4.69) is 31.9 Å². The van der Waals surface area contributed by atoms with Gasteiger partial charge in [0.05, 0.1) is 22.7 Å². The Hall–Kier alpha value is -1.63. The minimum Gasteiger partial charge on any atom is -0.494 e. The number of esters is 1. The first-order chi connectivity index (χ1) is 13.8. The molecule has 0 saturated carbocycles. The Bertz CT molecular complexity index is 946. The zero-order valence-electron chi connectivity index (χ0n) is 15.9. The second kappa shape index (κ2) is 9.45. The largest absolute Gasteiger partial charge is 0.494 e. The molecule has 1 aliphatic carbocycles. The zero-order valence-corrected chi connectivity index (χ0v) is 19.8. The van der Waals surface area contributed by atoms with Crippen molar-refractivity contribution in [3.05, 3.63) is 67.6 Å². The number of hydrogen-bond donors (Lipinski definition) is 0. The first-order valence-electron chi connectivity index (χ1n) is 9.05. The maximum atomic E-state index is 13.0. The molecule has 0 spiro atoms. The lowest BCUT2D eigenvalue weighted by atomic mass is 9.73. The van der Waals surface area contributed by atoms with E-state index in [-0.39, 0.29) is 18.3 Å². The van der Waals surface area contributed by atoms with Gasteiger partial charge in [0.2, 0.25) is 0 Å². The lowest BCUT2D eigenvalue weighted by Crippen LogP contribution is -2.34. The van der Waals surface area contributed by atoms with Crippen LogP contribution in [0.25, 0.3) is 5.57 Å². The fourth-order valence-electron chi connectivity index (χ4n) is 3.55. The minimum atomic E-state index is -0.870. The van der Waals surface area contributed by atoms with E-state index in [4.69, 9.17) is 21.1 Å². The van der Waals surface area contributed by atoms with Crippen LogP contribution in [0.2, 0.25) is 5.02 Å². The van der Waals surface area contributed by atoms with Gasteiger partial charge in [0, 0.05) is 10.9 Å². The molecule has 2 atom stereocenters. The summed E-state index contributed by atoms with van der Waals surface area (Å²) in [5.41, 5.74) is 2.59. The van der Waals surface area contributed by atoms with Crippen LogP contribution in [0.1, 0.15) is 30.4 Å². The SMILES string of the molecule is CCOC(=O)C1C(=O)C=C(c2cc(Br)c(OC)c(Br)c2)CC1c1ccc(Cl)cc1. The Kier molecular flexibility index (Phi) is 7.19. The van der Waals surface area contributed by atoms with Gasteiger partial charge in [-0.1, -0.05) is 23.7 Å². The van der Waals surface area contributed by atoms with E-state index in [1.54, 1.807) is 32.2 Å². The third kappa shape index (κ3) is 4.76. The molecular formula is C22H19Br2ClO4. The van der Waals surface area contributed by atoms with E-state index in [0.29, 0.717) is 17.2 Å². The van der Waals surface area contributed by atoms with Gasteiger partial charge in [-0.25, -0.2) is 0 Å². The van der Waals surface area contributed by atoms with Gasteiger partial charge in [0.1, 0.15) is 11.7 Å². The Balaban J connectivity index is 2.05. The maximum Gasteiger partial charge on any atom is 0.317 e. The highest BCUT2D eigenvalue weighted by atomic mass is 79.9. The lowest BCUT2D eigenvalue weighted by Gasteiger charge is -2.29. The Labute approximate surface area is 191 Å². The zero-order chi connectivity index (χ0) is 21.1. The summed E-state index contributed by atoms with van der Waals surface area (Å²) in [6.45, 7) is 1.96. The molecule has 2 aromatic rings. The molecule has 0 bridgehead atoms. The first-order valence-corrected chi connectivity index (χ1v) is 11.0. The third-order valence-corrected chi connectivity index (χ3v) is 6.31. The van der Waals surface area contributed by atoms with Gasteiger partial charge < -0.3 is 9.47 Å². The summed E-state index contributed by atoms with van der Waals surface area (Å²) in [5.74, 6) is -1.28. The van der Waals surface area contributed by atoms with E-state index in [9.17, 15) is 9.59 Å². The van der Waals surface area contributed by atoms with Gasteiger partial charge in [0.25, 0.3) is 0 Å². The summed E-state index contributed by atoms with van der Waals surface area (Å²) in [7, 11) is 1.59. The number of ether oxygens (including phenoxy) is 2. The molecule has 2 unspecified atom stereocenters. The van der Waals surface area contributed by atoms with Crippen LogP contribution < -0.4 is 4.74 Å². The average molecular weight is 543 g/mol. The average Bonchev–Trinajstić information content (AvgIpc) is 2.67. The molecule has 0 fully saturated rings. The number of ketones is 1. The number of carbonyl (C=O) groups is 2. The van der Waals surface area contributed by atoms with E-state index in [1.807, 2.05) is 24.3 Å². The number of hydrogen-bond acceptors (Lipinski definition) is 4. The van der Waals surface area contributed by atoms with Crippen LogP contribution in [0, 0.1) is 5.92 Å². The minimum absolute atomic E-state index is 0.227. The van der Waals surface area contributed by atoms with E-state index < -0.39 is 11.9 Å². The topological polar surface area (TPSA) is 52.6 Å². The van der Waals surface area contributed by atoms with Gasteiger partial charge in [-0.2, -0.15) is 0 Å². The summed E-state index contributed by atoms with van der Waals surface area (Å²) in [6, 6.07) is 11.1. The second-order valence-corrected chi connectivity index (χ2v) is 8.78. The van der Waals surface area contributed by atoms with E-state index >= 15 is 0 Å². The van der Waals surface area contributed by atoms with Crippen LogP contribution in [-0.4, -0.2) is 25.5 Å². The van der Waals surface area contributed by atoms with E-state index in [0.717, 1.165) is 25.6 Å². The standard InChI is InChI=1S/C22H19Br2ClO4/c1-3-29-22(27)20-16(12-4-6-15(25)7-5-12)8-13(11-19(20)26)14-9-17(23)21(28-2)18(24)10-14/h4-7,9-11,16,20H,3,8H2,1-2H3. The molecule has 29 heavy (non-hydrogen) atoms. The number of carbonyl (C=O) groups excluding carboxylic acids is 2. The second-order valence-electron chi connectivity index (χ2n) is 6.64. The van der Waals surface area contributed by atoms with Crippen molar-refractivity contribution in [1.29, 1.82) is 0 Å². The molecule has 1 aliphatic rings. The molecule has 0 saturated heterocycles. The molecular weight excluding hydrogens is 523 g/mol. The van der Waals surface area contributed by atoms with Crippen LogP contribution >= 0.6 is 43.5 Å². The Morgan fingerprint density at radius 1 is 1.17 bits per heavy atom. The molecule has 0 radical (unpaired) electrons. The fraction of sp³-hybridized carbons (Fsp3) is 0.273. The van der Waals surface area contributed by atoms with Gasteiger partial charge in [-0.3, -0.25) is 9.59 Å². The quantitative estimate of drug-likeness (QED) is 0.334. The van der Waals surface area contributed by atoms with E-state index in [1.165, 1.54) is 0 Å². The highest BCUT2D eigenvalue weighted by molar-refractivity contribution is 9.11. The number of methoxy groups -OCH3 is 1. The fourth-order valence-corrected chi connectivity index (χ4v) is 5.18. The van der Waals surface area contributed by atoms with Gasteiger partial charge in [0.15, 0.2) is 5.78 Å². The highest BCUT2D eigenvalue weighted by Crippen LogP contribution is 2.43. The smallest absolute Gasteiger partial charge is 0.317 e. The van der Waals surface area contributed by atoms with Crippen molar-refractivity contribution in [3.8, 4) is 5.75 Å². The Morgan fingerprint density at radius 3 is 2.34 bits per heavy atom. The van der Waals surface area contributed by atoms with Crippen molar-refractivity contribution in [1.82, 2.24) is 0 Å². The van der Waals surface area contributed by atoms with Crippen LogP contribution in [0.15, 0.2) is 51.4 Å². The number of rotatable bonds is 5. The molecule has 7 heteroatoms. The third-order valence-electron chi connectivity index (χ3n) is 4.88. The number of allylic oxidation sites excluding steroid dienone is 2. The molecule has 3 rings (SSSR count).